The van der Waals surface area contributed by atoms with E-state index in [4.69, 9.17) is 14.2 Å². The Balaban J connectivity index is 2.32. The first-order valence-corrected chi connectivity index (χ1v) is 23.7. The molecule has 0 aromatic heterocycles. The highest BCUT2D eigenvalue weighted by Crippen LogP contribution is 2.18. The summed E-state index contributed by atoms with van der Waals surface area (Å²) < 4.78 is 17.0. The number of hydrogen-bond donors (Lipinski definition) is 0. The van der Waals surface area contributed by atoms with Gasteiger partial charge in [-0.2, -0.15) is 0 Å². The maximum Gasteiger partial charge on any atom is 0.307 e. The minimum Gasteiger partial charge on any atom is -0.466 e. The quantitative estimate of drug-likeness (QED) is 0.0371. The molecule has 0 aliphatic rings. The first kappa shape index (κ1) is 51.6. The van der Waals surface area contributed by atoms with Crippen LogP contribution in [0.2, 0.25) is 0 Å². The zero-order chi connectivity index (χ0) is 40.6. The SMILES string of the molecule is CCCCCCCCCOC(=O)CCCCCCCN(CCCCCCCC(=O)OC(CCCCC)CCCCCCCC)CCC(=O)OCc1ccccc1. The van der Waals surface area contributed by atoms with E-state index >= 15 is 0 Å². The second-order valence-electron chi connectivity index (χ2n) is 16.3. The molecule has 0 bridgehead atoms. The molecule has 0 amide bonds. The number of nitrogens with zero attached hydrogens (tertiary/aromatic N) is 1. The molecule has 0 heterocycles. The lowest BCUT2D eigenvalue weighted by Gasteiger charge is -2.22. The molecule has 324 valence electrons. The number of carbonyl (C=O) groups is 3. The monoisotopic (exact) mass is 786 g/mol. The summed E-state index contributed by atoms with van der Waals surface area (Å²) in [5.41, 5.74) is 1.01. The lowest BCUT2D eigenvalue weighted by atomic mass is 10.0. The van der Waals surface area contributed by atoms with Crippen molar-refractivity contribution in [3.05, 3.63) is 35.9 Å². The van der Waals surface area contributed by atoms with Crippen LogP contribution in [0.1, 0.15) is 225 Å². The number of carbonyl (C=O) groups excluding carboxylic acids is 3. The third-order valence-corrected chi connectivity index (χ3v) is 10.9. The van der Waals surface area contributed by atoms with Crippen LogP contribution in [0.5, 0.6) is 0 Å². The molecule has 0 saturated carbocycles. The Morgan fingerprint density at radius 1 is 0.464 bits per heavy atom. The third kappa shape index (κ3) is 33.7. The molecule has 0 aliphatic carbocycles. The Kier molecular flexibility index (Phi) is 36.3. The summed E-state index contributed by atoms with van der Waals surface area (Å²) >= 11 is 0. The van der Waals surface area contributed by atoms with E-state index in [0.29, 0.717) is 39.0 Å². The number of benzene rings is 1. The Bertz CT molecular complexity index is 1030. The molecular formula is C49H87NO6. The van der Waals surface area contributed by atoms with Crippen molar-refractivity contribution in [3.63, 3.8) is 0 Å². The van der Waals surface area contributed by atoms with Crippen LogP contribution in [0.25, 0.3) is 0 Å². The van der Waals surface area contributed by atoms with Crippen molar-refractivity contribution >= 4 is 17.9 Å². The fourth-order valence-corrected chi connectivity index (χ4v) is 7.26. The molecule has 0 N–H and O–H groups in total. The molecule has 7 heteroatoms. The number of rotatable bonds is 41. The van der Waals surface area contributed by atoms with Crippen molar-refractivity contribution in [2.45, 2.75) is 233 Å². The fraction of sp³-hybridized carbons (Fsp3) is 0.816. The Labute approximate surface area is 345 Å². The number of ether oxygens (including phenoxy) is 3. The highest BCUT2D eigenvalue weighted by molar-refractivity contribution is 5.70. The van der Waals surface area contributed by atoms with Gasteiger partial charge in [-0.05, 0) is 76.4 Å². The normalized spacial score (nSPS) is 11.9. The molecule has 0 radical (unpaired) electrons. The Hall–Kier alpha value is -2.41. The van der Waals surface area contributed by atoms with Gasteiger partial charge in [-0.3, -0.25) is 14.4 Å². The minimum absolute atomic E-state index is 0.0125. The molecule has 0 saturated heterocycles. The summed E-state index contributed by atoms with van der Waals surface area (Å²) in [6, 6.07) is 9.84. The van der Waals surface area contributed by atoms with Crippen molar-refractivity contribution in [1.82, 2.24) is 4.90 Å². The van der Waals surface area contributed by atoms with Gasteiger partial charge in [0.05, 0.1) is 13.0 Å². The summed E-state index contributed by atoms with van der Waals surface area (Å²) in [6.45, 7) is 10.2. The topological polar surface area (TPSA) is 82.1 Å². The summed E-state index contributed by atoms with van der Waals surface area (Å²) in [5.74, 6) is -0.211. The van der Waals surface area contributed by atoms with Gasteiger partial charge in [-0.25, -0.2) is 0 Å². The summed E-state index contributed by atoms with van der Waals surface area (Å²) in [5, 5.41) is 0. The van der Waals surface area contributed by atoms with E-state index in [1.54, 1.807) is 0 Å². The van der Waals surface area contributed by atoms with E-state index in [9.17, 15) is 14.4 Å². The molecule has 1 rings (SSSR count). The van der Waals surface area contributed by atoms with Crippen molar-refractivity contribution in [3.8, 4) is 0 Å². The van der Waals surface area contributed by atoms with Gasteiger partial charge >= 0.3 is 17.9 Å². The largest absolute Gasteiger partial charge is 0.466 e. The van der Waals surface area contributed by atoms with E-state index < -0.39 is 0 Å². The molecule has 0 fully saturated rings. The van der Waals surface area contributed by atoms with Crippen LogP contribution in [-0.2, 0) is 35.2 Å². The van der Waals surface area contributed by atoms with Crippen molar-refractivity contribution < 1.29 is 28.6 Å². The standard InChI is InChI=1S/C49H87NO6/c1-4-7-10-12-14-22-32-43-54-47(51)37-28-18-15-20-30-40-50(42-39-48(52)55-44-45-33-25-23-26-34-45)41-31-21-16-19-29-38-49(53)56-46(35-24-9-6-3)36-27-17-13-11-8-5-2/h23,25-26,33-34,46H,4-22,24,27-32,35-44H2,1-3H3. The fourth-order valence-electron chi connectivity index (χ4n) is 7.26. The molecule has 7 nitrogen and oxygen atoms in total. The Morgan fingerprint density at radius 3 is 1.50 bits per heavy atom. The lowest BCUT2D eigenvalue weighted by Crippen LogP contribution is -2.29. The number of hydrogen-bond acceptors (Lipinski definition) is 7. The average Bonchev–Trinajstić information content (AvgIpc) is 3.20. The van der Waals surface area contributed by atoms with Gasteiger partial charge in [0.1, 0.15) is 12.7 Å². The molecular weight excluding hydrogens is 699 g/mol. The summed E-state index contributed by atoms with van der Waals surface area (Å²) in [4.78, 5) is 39.8. The van der Waals surface area contributed by atoms with Crippen molar-refractivity contribution in [1.29, 1.82) is 0 Å². The maximum atomic E-state index is 12.7. The van der Waals surface area contributed by atoms with E-state index in [0.717, 1.165) is 121 Å². The molecule has 1 aromatic carbocycles. The van der Waals surface area contributed by atoms with E-state index in [2.05, 4.69) is 25.7 Å². The van der Waals surface area contributed by atoms with Crippen LogP contribution in [-0.4, -0.2) is 55.2 Å². The second kappa shape index (κ2) is 39.4. The highest BCUT2D eigenvalue weighted by atomic mass is 16.5. The van der Waals surface area contributed by atoms with Gasteiger partial charge in [0.15, 0.2) is 0 Å². The van der Waals surface area contributed by atoms with Crippen LogP contribution in [0.15, 0.2) is 30.3 Å². The van der Waals surface area contributed by atoms with Crippen molar-refractivity contribution in [2.75, 3.05) is 26.2 Å². The number of esters is 3. The van der Waals surface area contributed by atoms with Crippen LogP contribution >= 0.6 is 0 Å². The van der Waals surface area contributed by atoms with Crippen LogP contribution in [0.4, 0.5) is 0 Å². The molecule has 1 atom stereocenters. The maximum absolute atomic E-state index is 12.7. The Morgan fingerprint density at radius 2 is 0.911 bits per heavy atom. The number of unbranched alkanes of at least 4 members (excludes halogenated alkanes) is 21. The molecule has 0 aliphatic heterocycles. The smallest absolute Gasteiger partial charge is 0.307 e. The minimum atomic E-state index is -0.149. The van der Waals surface area contributed by atoms with Gasteiger partial charge in [-0.15, -0.1) is 0 Å². The zero-order valence-corrected chi connectivity index (χ0v) is 36.8. The highest BCUT2D eigenvalue weighted by Gasteiger charge is 2.15. The van der Waals surface area contributed by atoms with Gasteiger partial charge in [-0.1, -0.05) is 173 Å². The first-order chi connectivity index (χ1) is 27.5. The van der Waals surface area contributed by atoms with Crippen LogP contribution in [0.3, 0.4) is 0 Å². The third-order valence-electron chi connectivity index (χ3n) is 10.9. The molecule has 56 heavy (non-hydrogen) atoms. The van der Waals surface area contributed by atoms with Gasteiger partial charge in [0.25, 0.3) is 0 Å². The van der Waals surface area contributed by atoms with Crippen molar-refractivity contribution in [2.24, 2.45) is 0 Å². The summed E-state index contributed by atoms with van der Waals surface area (Å²) in [7, 11) is 0. The lowest BCUT2D eigenvalue weighted by molar-refractivity contribution is -0.150. The molecule has 1 aromatic rings. The zero-order valence-electron chi connectivity index (χ0n) is 36.8. The van der Waals surface area contributed by atoms with Crippen LogP contribution in [0, 0.1) is 0 Å². The van der Waals surface area contributed by atoms with Gasteiger partial charge in [0, 0.05) is 19.4 Å². The molecule has 1 unspecified atom stereocenters. The van der Waals surface area contributed by atoms with Crippen LogP contribution < -0.4 is 0 Å². The van der Waals surface area contributed by atoms with Gasteiger partial charge < -0.3 is 19.1 Å². The predicted octanol–water partition coefficient (Wildman–Crippen LogP) is 13.6. The predicted molar refractivity (Wildman–Crippen MR) is 234 cm³/mol. The van der Waals surface area contributed by atoms with Gasteiger partial charge in [0.2, 0.25) is 0 Å². The average molecular weight is 786 g/mol. The van der Waals surface area contributed by atoms with E-state index in [-0.39, 0.29) is 24.0 Å². The second-order valence-corrected chi connectivity index (χ2v) is 16.3. The summed E-state index contributed by atoms with van der Waals surface area (Å²) in [6.07, 6.45) is 33.8. The molecule has 0 spiro atoms. The van der Waals surface area contributed by atoms with E-state index in [1.165, 1.54) is 77.0 Å². The van der Waals surface area contributed by atoms with E-state index in [1.807, 2.05) is 30.3 Å². The first-order valence-electron chi connectivity index (χ1n) is 23.7.